The van der Waals surface area contributed by atoms with Gasteiger partial charge in [-0.15, -0.1) is 0 Å². The first-order valence-corrected chi connectivity index (χ1v) is 11.4. The standard InChI is InChI=1S/C24H26N2O4S/c1-17-8-11-20(12-9-17)31(28,29)26-22-7-5-4-6-21(22)24(27)25-14-15-30-23-13-10-18(2)16-19(23)3/h4-13,16,26H,14-15H2,1-3H3,(H,25,27). The topological polar surface area (TPSA) is 84.5 Å². The molecule has 0 atom stereocenters. The Bertz CT molecular complexity index is 1170. The van der Waals surface area contributed by atoms with E-state index in [4.69, 9.17) is 4.74 Å². The summed E-state index contributed by atoms with van der Waals surface area (Å²) in [7, 11) is -3.81. The fourth-order valence-electron chi connectivity index (χ4n) is 3.07. The Morgan fingerprint density at radius 3 is 2.29 bits per heavy atom. The zero-order valence-corrected chi connectivity index (χ0v) is 18.6. The summed E-state index contributed by atoms with van der Waals surface area (Å²) >= 11 is 0. The highest BCUT2D eigenvalue weighted by atomic mass is 32.2. The number of nitrogens with one attached hydrogen (secondary N) is 2. The maximum Gasteiger partial charge on any atom is 0.261 e. The van der Waals surface area contributed by atoms with Crippen molar-refractivity contribution in [1.82, 2.24) is 5.32 Å². The molecule has 0 fully saturated rings. The predicted molar refractivity (Wildman–Crippen MR) is 122 cm³/mol. The van der Waals surface area contributed by atoms with Gasteiger partial charge in [0.15, 0.2) is 0 Å². The van der Waals surface area contributed by atoms with Gasteiger partial charge in [-0.3, -0.25) is 9.52 Å². The molecule has 2 N–H and O–H groups in total. The van der Waals surface area contributed by atoms with Gasteiger partial charge in [0.2, 0.25) is 0 Å². The second-order valence-corrected chi connectivity index (χ2v) is 9.02. The Balaban J connectivity index is 1.64. The number of benzene rings is 3. The summed E-state index contributed by atoms with van der Waals surface area (Å²) in [4.78, 5) is 12.8. The molecule has 0 aliphatic carbocycles. The summed E-state index contributed by atoms with van der Waals surface area (Å²) < 4.78 is 33.6. The number of carbonyl (C=O) groups is 1. The minimum atomic E-state index is -3.81. The molecule has 3 rings (SSSR count). The number of para-hydroxylation sites is 1. The lowest BCUT2D eigenvalue weighted by atomic mass is 10.1. The number of hydrogen-bond donors (Lipinski definition) is 2. The Hall–Kier alpha value is -3.32. The van der Waals surface area contributed by atoms with E-state index in [2.05, 4.69) is 10.0 Å². The summed E-state index contributed by atoms with van der Waals surface area (Å²) in [6, 6.07) is 18.9. The first-order valence-electron chi connectivity index (χ1n) is 9.93. The number of amides is 1. The second kappa shape index (κ2) is 9.66. The smallest absolute Gasteiger partial charge is 0.261 e. The Labute approximate surface area is 183 Å². The van der Waals surface area contributed by atoms with Gasteiger partial charge in [0.05, 0.1) is 22.7 Å². The zero-order chi connectivity index (χ0) is 22.4. The molecule has 6 nitrogen and oxygen atoms in total. The molecule has 31 heavy (non-hydrogen) atoms. The lowest BCUT2D eigenvalue weighted by Crippen LogP contribution is -2.29. The molecule has 0 aliphatic rings. The molecular formula is C24H26N2O4S. The van der Waals surface area contributed by atoms with E-state index in [1.807, 2.05) is 39.0 Å². The summed E-state index contributed by atoms with van der Waals surface area (Å²) in [5.74, 6) is 0.387. The average Bonchev–Trinajstić information content (AvgIpc) is 2.73. The van der Waals surface area contributed by atoms with Crippen molar-refractivity contribution in [1.29, 1.82) is 0 Å². The maximum absolute atomic E-state index is 12.7. The van der Waals surface area contributed by atoms with Crippen molar-refractivity contribution >= 4 is 21.6 Å². The molecule has 0 heterocycles. The molecule has 3 aromatic carbocycles. The van der Waals surface area contributed by atoms with Crippen LogP contribution < -0.4 is 14.8 Å². The molecule has 1 amide bonds. The number of ether oxygens (including phenoxy) is 1. The van der Waals surface area contributed by atoms with Crippen LogP contribution in [-0.4, -0.2) is 27.5 Å². The van der Waals surface area contributed by atoms with Gasteiger partial charge < -0.3 is 10.1 Å². The highest BCUT2D eigenvalue weighted by Gasteiger charge is 2.18. The van der Waals surface area contributed by atoms with Crippen molar-refractivity contribution in [2.75, 3.05) is 17.9 Å². The molecule has 0 bridgehead atoms. The van der Waals surface area contributed by atoms with E-state index >= 15 is 0 Å². The van der Waals surface area contributed by atoms with E-state index < -0.39 is 10.0 Å². The quantitative estimate of drug-likeness (QED) is 0.516. The Morgan fingerprint density at radius 1 is 0.903 bits per heavy atom. The summed E-state index contributed by atoms with van der Waals surface area (Å²) in [5.41, 5.74) is 3.60. The molecule has 0 unspecified atom stereocenters. The van der Waals surface area contributed by atoms with Crippen LogP contribution in [0.4, 0.5) is 5.69 Å². The van der Waals surface area contributed by atoms with Crippen LogP contribution in [0.5, 0.6) is 5.75 Å². The molecule has 0 aromatic heterocycles. The highest BCUT2D eigenvalue weighted by molar-refractivity contribution is 7.92. The van der Waals surface area contributed by atoms with Crippen LogP contribution in [0, 0.1) is 20.8 Å². The molecule has 3 aromatic rings. The van der Waals surface area contributed by atoms with Crippen molar-refractivity contribution in [2.24, 2.45) is 0 Å². The van der Waals surface area contributed by atoms with Crippen molar-refractivity contribution in [2.45, 2.75) is 25.7 Å². The minimum absolute atomic E-state index is 0.134. The molecule has 162 valence electrons. The van der Waals surface area contributed by atoms with Gasteiger partial charge in [0.25, 0.3) is 15.9 Å². The fraction of sp³-hybridized carbons (Fsp3) is 0.208. The van der Waals surface area contributed by atoms with Gasteiger partial charge in [-0.05, 0) is 56.7 Å². The number of anilines is 1. The zero-order valence-electron chi connectivity index (χ0n) is 17.8. The van der Waals surface area contributed by atoms with Crippen LogP contribution in [0.15, 0.2) is 71.6 Å². The molecular weight excluding hydrogens is 412 g/mol. The number of rotatable bonds is 8. The molecule has 0 saturated heterocycles. The van der Waals surface area contributed by atoms with Gasteiger partial charge in [-0.25, -0.2) is 8.42 Å². The Kier molecular flexibility index (Phi) is 6.97. The van der Waals surface area contributed by atoms with E-state index in [0.29, 0.717) is 6.61 Å². The van der Waals surface area contributed by atoms with E-state index in [9.17, 15) is 13.2 Å². The van der Waals surface area contributed by atoms with Crippen molar-refractivity contribution in [3.05, 3.63) is 89.0 Å². The number of hydrogen-bond acceptors (Lipinski definition) is 4. The number of carbonyl (C=O) groups excluding carboxylic acids is 1. The Morgan fingerprint density at radius 2 is 1.58 bits per heavy atom. The van der Waals surface area contributed by atoms with Crippen LogP contribution >= 0.6 is 0 Å². The third-order valence-corrected chi connectivity index (χ3v) is 6.10. The first-order chi connectivity index (χ1) is 14.8. The summed E-state index contributed by atoms with van der Waals surface area (Å²) in [6.07, 6.45) is 0. The van der Waals surface area contributed by atoms with Crippen LogP contribution in [0.2, 0.25) is 0 Å². The van der Waals surface area contributed by atoms with E-state index in [-0.39, 0.29) is 28.6 Å². The SMILES string of the molecule is Cc1ccc(S(=O)(=O)Nc2ccccc2C(=O)NCCOc2ccc(C)cc2C)cc1. The normalized spacial score (nSPS) is 11.1. The largest absolute Gasteiger partial charge is 0.491 e. The highest BCUT2D eigenvalue weighted by Crippen LogP contribution is 2.21. The van der Waals surface area contributed by atoms with E-state index in [1.165, 1.54) is 12.1 Å². The molecule has 0 aliphatic heterocycles. The molecule has 7 heteroatoms. The number of aryl methyl sites for hydroxylation is 3. The summed E-state index contributed by atoms with van der Waals surface area (Å²) in [5, 5.41) is 2.77. The minimum Gasteiger partial charge on any atom is -0.491 e. The maximum atomic E-state index is 12.7. The second-order valence-electron chi connectivity index (χ2n) is 7.34. The summed E-state index contributed by atoms with van der Waals surface area (Å²) in [6.45, 7) is 6.45. The molecule has 0 radical (unpaired) electrons. The molecule has 0 saturated carbocycles. The lowest BCUT2D eigenvalue weighted by molar-refractivity contribution is 0.0948. The van der Waals surface area contributed by atoms with Crippen molar-refractivity contribution in [3.63, 3.8) is 0 Å². The van der Waals surface area contributed by atoms with Crippen molar-refractivity contribution in [3.8, 4) is 5.75 Å². The van der Waals surface area contributed by atoms with Crippen molar-refractivity contribution < 1.29 is 17.9 Å². The third kappa shape index (κ3) is 5.86. The van der Waals surface area contributed by atoms with Gasteiger partial charge >= 0.3 is 0 Å². The van der Waals surface area contributed by atoms with Gasteiger partial charge in [-0.1, -0.05) is 47.5 Å². The number of sulfonamides is 1. The fourth-order valence-corrected chi connectivity index (χ4v) is 4.15. The van der Waals surface area contributed by atoms with Gasteiger partial charge in [-0.2, -0.15) is 0 Å². The average molecular weight is 439 g/mol. The van der Waals surface area contributed by atoms with Crippen LogP contribution in [0.25, 0.3) is 0 Å². The van der Waals surface area contributed by atoms with E-state index in [1.54, 1.807) is 36.4 Å². The van der Waals surface area contributed by atoms with Gasteiger partial charge in [0.1, 0.15) is 12.4 Å². The third-order valence-electron chi connectivity index (χ3n) is 4.72. The van der Waals surface area contributed by atoms with Crippen LogP contribution in [0.1, 0.15) is 27.0 Å². The van der Waals surface area contributed by atoms with E-state index in [0.717, 1.165) is 22.4 Å². The van der Waals surface area contributed by atoms with Crippen LogP contribution in [-0.2, 0) is 10.0 Å². The van der Waals surface area contributed by atoms with Gasteiger partial charge in [0, 0.05) is 0 Å². The predicted octanol–water partition coefficient (Wildman–Crippen LogP) is 4.22. The molecule has 0 spiro atoms. The van der Waals surface area contributed by atoms with Crippen LogP contribution in [0.3, 0.4) is 0 Å². The monoisotopic (exact) mass is 438 g/mol. The first kappa shape index (κ1) is 22.4. The lowest BCUT2D eigenvalue weighted by Gasteiger charge is -2.14.